The third kappa shape index (κ3) is 5.44. The fourth-order valence-electron chi connectivity index (χ4n) is 3.49. The summed E-state index contributed by atoms with van der Waals surface area (Å²) in [7, 11) is 1.73. The van der Waals surface area contributed by atoms with Gasteiger partial charge in [0.25, 0.3) is 17.4 Å². The van der Waals surface area contributed by atoms with Gasteiger partial charge in [0, 0.05) is 18.8 Å². The number of benzene rings is 2. The first-order valence-corrected chi connectivity index (χ1v) is 11.1. The van der Waals surface area contributed by atoms with Crippen LogP contribution in [0.4, 0.5) is 17.2 Å². The number of pyridine rings is 1. The number of nitrogens with zero attached hydrogens (tertiary/aromatic N) is 5. The molecule has 4 aromatic rings. The van der Waals surface area contributed by atoms with Gasteiger partial charge in [-0.05, 0) is 49.4 Å². The summed E-state index contributed by atoms with van der Waals surface area (Å²) in [6, 6.07) is 22.0. The van der Waals surface area contributed by atoms with Gasteiger partial charge in [0.05, 0.1) is 17.1 Å². The van der Waals surface area contributed by atoms with Crippen LogP contribution in [0.15, 0.2) is 88.9 Å². The Kier molecular flexibility index (Phi) is 7.21. The number of nitriles is 1. The number of hydrogen-bond acceptors (Lipinski definition) is 7. The largest absolute Gasteiger partial charge is 0.316 e. The molecule has 2 amide bonds. The minimum absolute atomic E-state index is 0.158. The van der Waals surface area contributed by atoms with Crippen molar-refractivity contribution in [2.24, 2.45) is 12.1 Å². The summed E-state index contributed by atoms with van der Waals surface area (Å²) in [5, 5.41) is 18.3. The third-order valence-electron chi connectivity index (χ3n) is 5.44. The van der Waals surface area contributed by atoms with Crippen molar-refractivity contribution in [1.82, 2.24) is 14.3 Å². The summed E-state index contributed by atoms with van der Waals surface area (Å²) < 4.78 is 3.14. The molecular weight excluding hydrogens is 472 g/mol. The molecule has 0 unspecified atom stereocenters. The number of anilines is 3. The van der Waals surface area contributed by atoms with E-state index in [1.807, 2.05) is 18.2 Å². The van der Waals surface area contributed by atoms with Crippen LogP contribution in [0.2, 0.25) is 0 Å². The SMILES string of the molecule is Cc1c(NC(=O)c2cccc(NN=C(C#N)C(=O)Nc3ccccn3)c2)c(=O)n(-c2ccccc2)n1C. The van der Waals surface area contributed by atoms with Crippen molar-refractivity contribution in [1.29, 1.82) is 5.26 Å². The van der Waals surface area contributed by atoms with Gasteiger partial charge in [0.2, 0.25) is 5.71 Å². The zero-order chi connectivity index (χ0) is 26.4. The molecule has 0 bridgehead atoms. The molecule has 184 valence electrons. The topological polar surface area (TPSA) is 146 Å². The standard InChI is InChI=1S/C26H22N8O3/c1-17-23(26(37)34(33(17)2)20-11-4-3-5-12-20)30-24(35)18-9-8-10-19(15-18)31-32-21(16-27)25(36)29-22-13-6-7-14-28-22/h3-15,31H,1-2H3,(H,30,35)(H,28,29,36). The highest BCUT2D eigenvalue weighted by Crippen LogP contribution is 2.17. The van der Waals surface area contributed by atoms with E-state index in [9.17, 15) is 19.6 Å². The molecule has 0 fully saturated rings. The van der Waals surface area contributed by atoms with Crippen molar-refractivity contribution in [2.75, 3.05) is 16.1 Å². The molecule has 0 aliphatic rings. The van der Waals surface area contributed by atoms with Gasteiger partial charge in [-0.1, -0.05) is 30.3 Å². The molecule has 0 aliphatic carbocycles. The average Bonchev–Trinajstić information content (AvgIpc) is 3.13. The van der Waals surface area contributed by atoms with E-state index in [4.69, 9.17) is 0 Å². The zero-order valence-electron chi connectivity index (χ0n) is 20.0. The Labute approximate surface area is 211 Å². The minimum Gasteiger partial charge on any atom is -0.316 e. The van der Waals surface area contributed by atoms with Gasteiger partial charge < -0.3 is 10.6 Å². The van der Waals surface area contributed by atoms with Gasteiger partial charge >= 0.3 is 0 Å². The van der Waals surface area contributed by atoms with E-state index < -0.39 is 17.5 Å². The molecule has 0 atom stereocenters. The van der Waals surface area contributed by atoms with Crippen molar-refractivity contribution < 1.29 is 9.59 Å². The first-order chi connectivity index (χ1) is 17.9. The van der Waals surface area contributed by atoms with Crippen molar-refractivity contribution >= 4 is 34.7 Å². The lowest BCUT2D eigenvalue weighted by Crippen LogP contribution is -2.23. The molecule has 2 aromatic carbocycles. The van der Waals surface area contributed by atoms with Crippen LogP contribution in [0, 0.1) is 18.3 Å². The van der Waals surface area contributed by atoms with Crippen LogP contribution in [0.3, 0.4) is 0 Å². The van der Waals surface area contributed by atoms with Crippen LogP contribution >= 0.6 is 0 Å². The first-order valence-electron chi connectivity index (χ1n) is 11.1. The van der Waals surface area contributed by atoms with E-state index in [2.05, 4.69) is 26.1 Å². The molecule has 11 nitrogen and oxygen atoms in total. The van der Waals surface area contributed by atoms with E-state index in [-0.39, 0.29) is 22.6 Å². The smallest absolute Gasteiger partial charge is 0.295 e. The zero-order valence-corrected chi connectivity index (χ0v) is 20.0. The van der Waals surface area contributed by atoms with Crippen LogP contribution in [0.5, 0.6) is 0 Å². The van der Waals surface area contributed by atoms with Gasteiger partial charge in [-0.2, -0.15) is 10.4 Å². The molecule has 0 saturated heterocycles. The molecule has 2 heterocycles. The van der Waals surface area contributed by atoms with Crippen LogP contribution in [0.25, 0.3) is 5.69 Å². The second kappa shape index (κ2) is 10.8. The number of carbonyl (C=O) groups excluding carboxylic acids is 2. The van der Waals surface area contributed by atoms with Gasteiger partial charge in [0.15, 0.2) is 0 Å². The van der Waals surface area contributed by atoms with Crippen LogP contribution in [-0.2, 0) is 11.8 Å². The Morgan fingerprint density at radius 2 is 1.76 bits per heavy atom. The highest BCUT2D eigenvalue weighted by atomic mass is 16.2. The number of rotatable bonds is 7. The monoisotopic (exact) mass is 494 g/mol. The van der Waals surface area contributed by atoms with Crippen molar-refractivity contribution in [3.05, 3.63) is 101 Å². The highest BCUT2D eigenvalue weighted by molar-refractivity contribution is 6.48. The molecule has 0 radical (unpaired) electrons. The predicted octanol–water partition coefficient (Wildman–Crippen LogP) is 3.06. The summed E-state index contributed by atoms with van der Waals surface area (Å²) >= 11 is 0. The molecule has 3 N–H and O–H groups in total. The molecule has 4 rings (SSSR count). The summed E-state index contributed by atoms with van der Waals surface area (Å²) in [6.45, 7) is 1.74. The van der Waals surface area contributed by atoms with Gasteiger partial charge in [0.1, 0.15) is 17.6 Å². The van der Waals surface area contributed by atoms with Gasteiger partial charge in [-0.3, -0.25) is 24.5 Å². The maximum Gasteiger partial charge on any atom is 0.295 e. The number of para-hydroxylation sites is 1. The molecule has 0 spiro atoms. The van der Waals surface area contributed by atoms with Crippen LogP contribution in [0.1, 0.15) is 16.1 Å². The lowest BCUT2D eigenvalue weighted by atomic mass is 10.2. The van der Waals surface area contributed by atoms with E-state index in [0.29, 0.717) is 17.1 Å². The van der Waals surface area contributed by atoms with E-state index in [1.54, 1.807) is 73.3 Å². The Morgan fingerprint density at radius 1 is 1.00 bits per heavy atom. The van der Waals surface area contributed by atoms with Crippen molar-refractivity contribution in [3.63, 3.8) is 0 Å². The Morgan fingerprint density at radius 3 is 2.46 bits per heavy atom. The lowest BCUT2D eigenvalue weighted by Gasteiger charge is -2.07. The molecule has 11 heteroatoms. The third-order valence-corrected chi connectivity index (χ3v) is 5.44. The molecule has 2 aromatic heterocycles. The number of aromatic nitrogens is 3. The maximum atomic E-state index is 13.1. The Bertz CT molecular complexity index is 1580. The van der Waals surface area contributed by atoms with E-state index in [0.717, 1.165) is 0 Å². The second-order valence-electron chi connectivity index (χ2n) is 7.82. The normalized spacial score (nSPS) is 10.9. The Hall–Kier alpha value is -5.50. The van der Waals surface area contributed by atoms with Crippen molar-refractivity contribution in [2.45, 2.75) is 6.92 Å². The van der Waals surface area contributed by atoms with E-state index in [1.165, 1.54) is 16.9 Å². The quantitative estimate of drug-likeness (QED) is 0.266. The number of amides is 2. The molecule has 0 aliphatic heterocycles. The van der Waals surface area contributed by atoms with Gasteiger partial charge in [-0.15, -0.1) is 0 Å². The highest BCUT2D eigenvalue weighted by Gasteiger charge is 2.19. The second-order valence-corrected chi connectivity index (χ2v) is 7.82. The molecule has 37 heavy (non-hydrogen) atoms. The van der Waals surface area contributed by atoms with E-state index >= 15 is 0 Å². The number of hydrazone groups is 1. The Balaban J connectivity index is 1.51. The summed E-state index contributed by atoms with van der Waals surface area (Å²) in [4.78, 5) is 42.3. The minimum atomic E-state index is -0.739. The number of nitrogens with one attached hydrogen (secondary N) is 3. The first kappa shape index (κ1) is 24.6. The van der Waals surface area contributed by atoms with Crippen LogP contribution < -0.4 is 21.6 Å². The average molecular weight is 495 g/mol. The fourth-order valence-corrected chi connectivity index (χ4v) is 3.49. The van der Waals surface area contributed by atoms with Gasteiger partial charge in [-0.25, -0.2) is 9.67 Å². The lowest BCUT2D eigenvalue weighted by molar-refractivity contribution is -0.110. The summed E-state index contributed by atoms with van der Waals surface area (Å²) in [5.74, 6) is -0.972. The van der Waals surface area contributed by atoms with Crippen LogP contribution in [-0.4, -0.2) is 31.9 Å². The number of carbonyl (C=O) groups is 2. The summed E-state index contributed by atoms with van der Waals surface area (Å²) in [5.41, 5.74) is 3.83. The number of hydrogen-bond donors (Lipinski definition) is 3. The predicted molar refractivity (Wildman–Crippen MR) is 140 cm³/mol. The maximum absolute atomic E-state index is 13.1. The molecular formula is C26H22N8O3. The molecule has 0 saturated carbocycles. The fraction of sp³-hybridized carbons (Fsp3) is 0.0769. The summed E-state index contributed by atoms with van der Waals surface area (Å²) in [6.07, 6.45) is 1.50. The van der Waals surface area contributed by atoms with Crippen molar-refractivity contribution in [3.8, 4) is 11.8 Å².